The van der Waals surface area contributed by atoms with Gasteiger partial charge in [-0.3, -0.25) is 9.80 Å². The zero-order chi connectivity index (χ0) is 10.9. The molecule has 1 fully saturated rings. The van der Waals surface area contributed by atoms with Crippen molar-refractivity contribution in [3.05, 3.63) is 0 Å². The van der Waals surface area contributed by atoms with Gasteiger partial charge in [0.2, 0.25) is 0 Å². The Balaban J connectivity index is 2.66. The van der Waals surface area contributed by atoms with E-state index in [9.17, 15) is 0 Å². The first-order valence-corrected chi connectivity index (χ1v) is 5.85. The number of hydrogen-bond acceptors (Lipinski definition) is 2. The fourth-order valence-electron chi connectivity index (χ4n) is 2.12. The first-order chi connectivity index (χ1) is 6.38. The molecule has 1 heterocycles. The van der Waals surface area contributed by atoms with E-state index in [4.69, 9.17) is 0 Å². The summed E-state index contributed by atoms with van der Waals surface area (Å²) < 4.78 is 0. The average molecular weight is 198 g/mol. The Morgan fingerprint density at radius 1 is 1.14 bits per heavy atom. The van der Waals surface area contributed by atoms with Gasteiger partial charge in [0.1, 0.15) is 0 Å². The van der Waals surface area contributed by atoms with Crippen LogP contribution in [0.3, 0.4) is 0 Å². The number of hydrogen-bond donors (Lipinski definition) is 0. The molecule has 0 bridgehead atoms. The summed E-state index contributed by atoms with van der Waals surface area (Å²) in [6.45, 7) is 14.1. The van der Waals surface area contributed by atoms with Crippen LogP contribution < -0.4 is 0 Å². The van der Waals surface area contributed by atoms with Crippen molar-refractivity contribution in [2.24, 2.45) is 0 Å². The maximum Gasteiger partial charge on any atom is 0.0195 e. The molecule has 1 rings (SSSR count). The molecule has 0 aromatic rings. The van der Waals surface area contributed by atoms with Gasteiger partial charge in [-0.2, -0.15) is 0 Å². The molecule has 2 unspecified atom stereocenters. The van der Waals surface area contributed by atoms with E-state index in [1.807, 2.05) is 0 Å². The van der Waals surface area contributed by atoms with E-state index < -0.39 is 0 Å². The fourth-order valence-corrected chi connectivity index (χ4v) is 2.12. The van der Waals surface area contributed by atoms with Crippen LogP contribution in [0.5, 0.6) is 0 Å². The van der Waals surface area contributed by atoms with Crippen LogP contribution >= 0.6 is 0 Å². The van der Waals surface area contributed by atoms with Crippen molar-refractivity contribution in [1.82, 2.24) is 9.80 Å². The minimum absolute atomic E-state index is 0.365. The van der Waals surface area contributed by atoms with Gasteiger partial charge in [-0.05, 0) is 41.2 Å². The van der Waals surface area contributed by atoms with E-state index in [2.05, 4.69) is 51.5 Å². The highest BCUT2D eigenvalue weighted by Gasteiger charge is 2.33. The topological polar surface area (TPSA) is 6.48 Å². The van der Waals surface area contributed by atoms with Crippen LogP contribution in [0, 0.1) is 0 Å². The van der Waals surface area contributed by atoms with Crippen molar-refractivity contribution in [1.29, 1.82) is 0 Å². The van der Waals surface area contributed by atoms with Crippen LogP contribution in [0.2, 0.25) is 0 Å². The van der Waals surface area contributed by atoms with Crippen molar-refractivity contribution in [2.75, 3.05) is 20.1 Å². The molecule has 14 heavy (non-hydrogen) atoms. The lowest BCUT2D eigenvalue weighted by Crippen LogP contribution is -2.60. The van der Waals surface area contributed by atoms with Crippen molar-refractivity contribution in [2.45, 2.75) is 58.7 Å². The van der Waals surface area contributed by atoms with E-state index in [1.54, 1.807) is 0 Å². The molecule has 1 aliphatic heterocycles. The first-order valence-electron chi connectivity index (χ1n) is 5.85. The van der Waals surface area contributed by atoms with E-state index in [-0.39, 0.29) is 0 Å². The molecule has 0 aliphatic carbocycles. The predicted molar refractivity (Wildman–Crippen MR) is 62.6 cm³/mol. The second-order valence-electron chi connectivity index (χ2n) is 5.43. The van der Waals surface area contributed by atoms with E-state index in [0.717, 1.165) is 0 Å². The van der Waals surface area contributed by atoms with E-state index >= 15 is 0 Å². The lowest BCUT2D eigenvalue weighted by Gasteiger charge is -2.49. The highest BCUT2D eigenvalue weighted by atomic mass is 15.3. The summed E-state index contributed by atoms with van der Waals surface area (Å²) in [7, 11) is 2.24. The van der Waals surface area contributed by atoms with Gasteiger partial charge >= 0.3 is 0 Å². The van der Waals surface area contributed by atoms with E-state index in [0.29, 0.717) is 17.6 Å². The molecule has 1 saturated heterocycles. The number of likely N-dealkylation sites (N-methyl/N-ethyl adjacent to an activating group) is 1. The van der Waals surface area contributed by atoms with E-state index in [1.165, 1.54) is 19.5 Å². The monoisotopic (exact) mass is 198 g/mol. The Labute approximate surface area is 89.3 Å². The summed E-state index contributed by atoms with van der Waals surface area (Å²) in [5, 5.41) is 0. The van der Waals surface area contributed by atoms with Gasteiger partial charge in [-0.25, -0.2) is 0 Å². The molecule has 0 saturated carbocycles. The van der Waals surface area contributed by atoms with Crippen LogP contribution in [0.1, 0.15) is 41.0 Å². The Hall–Kier alpha value is -0.0800. The molecular weight excluding hydrogens is 172 g/mol. The summed E-state index contributed by atoms with van der Waals surface area (Å²) >= 11 is 0. The first kappa shape index (κ1) is 12.0. The lowest BCUT2D eigenvalue weighted by molar-refractivity contribution is 0.000203. The number of rotatable bonds is 2. The maximum atomic E-state index is 2.64. The number of nitrogens with zero attached hydrogens (tertiary/aromatic N) is 2. The molecule has 0 N–H and O–H groups in total. The van der Waals surface area contributed by atoms with Gasteiger partial charge in [0, 0.05) is 30.7 Å². The molecular formula is C12H26N2. The van der Waals surface area contributed by atoms with Crippen LogP contribution in [0.4, 0.5) is 0 Å². The Morgan fingerprint density at radius 3 is 1.93 bits per heavy atom. The fraction of sp³-hybridized carbons (Fsp3) is 1.00. The Morgan fingerprint density at radius 2 is 1.57 bits per heavy atom. The standard InChI is InChI=1S/C12H26N2/c1-7-12(4,5)14-8-10(2)13(6)11(3)9-14/h10-11H,7-9H2,1-6H3. The molecule has 0 spiro atoms. The second-order valence-corrected chi connectivity index (χ2v) is 5.43. The normalized spacial score (nSPS) is 32.1. The summed E-state index contributed by atoms with van der Waals surface area (Å²) in [6.07, 6.45) is 1.23. The summed E-state index contributed by atoms with van der Waals surface area (Å²) in [5.41, 5.74) is 0.365. The molecule has 2 atom stereocenters. The zero-order valence-corrected chi connectivity index (χ0v) is 10.7. The third-order valence-electron chi connectivity index (χ3n) is 4.08. The van der Waals surface area contributed by atoms with Gasteiger partial charge in [0.25, 0.3) is 0 Å². The van der Waals surface area contributed by atoms with Crippen LogP contribution in [-0.4, -0.2) is 47.6 Å². The third-order valence-corrected chi connectivity index (χ3v) is 4.08. The molecule has 0 radical (unpaired) electrons. The Bertz CT molecular complexity index is 177. The molecule has 0 aromatic heterocycles. The zero-order valence-electron chi connectivity index (χ0n) is 10.7. The average Bonchev–Trinajstić information content (AvgIpc) is 2.13. The minimum atomic E-state index is 0.365. The van der Waals surface area contributed by atoms with Gasteiger partial charge < -0.3 is 0 Å². The predicted octanol–water partition coefficient (Wildman–Crippen LogP) is 2.20. The molecule has 2 nitrogen and oxygen atoms in total. The second kappa shape index (κ2) is 4.19. The minimum Gasteiger partial charge on any atom is -0.298 e. The third kappa shape index (κ3) is 2.29. The van der Waals surface area contributed by atoms with Gasteiger partial charge in [0.05, 0.1) is 0 Å². The maximum absolute atomic E-state index is 2.64. The summed E-state index contributed by atoms with van der Waals surface area (Å²) in [6, 6.07) is 1.37. The SMILES string of the molecule is CCC(C)(C)N1CC(C)N(C)C(C)C1. The highest BCUT2D eigenvalue weighted by molar-refractivity contribution is 4.90. The van der Waals surface area contributed by atoms with Crippen molar-refractivity contribution in [3.8, 4) is 0 Å². The molecule has 0 aromatic carbocycles. The molecule has 1 aliphatic rings. The van der Waals surface area contributed by atoms with Crippen molar-refractivity contribution < 1.29 is 0 Å². The van der Waals surface area contributed by atoms with Crippen molar-refractivity contribution in [3.63, 3.8) is 0 Å². The van der Waals surface area contributed by atoms with Crippen LogP contribution in [-0.2, 0) is 0 Å². The van der Waals surface area contributed by atoms with Gasteiger partial charge in [-0.15, -0.1) is 0 Å². The largest absolute Gasteiger partial charge is 0.298 e. The molecule has 2 heteroatoms. The van der Waals surface area contributed by atoms with Gasteiger partial charge in [0.15, 0.2) is 0 Å². The summed E-state index contributed by atoms with van der Waals surface area (Å²) in [5.74, 6) is 0. The lowest BCUT2D eigenvalue weighted by atomic mass is 9.95. The number of piperazine rings is 1. The quantitative estimate of drug-likeness (QED) is 0.671. The highest BCUT2D eigenvalue weighted by Crippen LogP contribution is 2.24. The Kier molecular flexibility index (Phi) is 3.59. The summed E-state index contributed by atoms with van der Waals surface area (Å²) in [4.78, 5) is 5.13. The van der Waals surface area contributed by atoms with Crippen LogP contribution in [0.25, 0.3) is 0 Å². The van der Waals surface area contributed by atoms with Gasteiger partial charge in [-0.1, -0.05) is 6.92 Å². The molecule has 0 amide bonds. The van der Waals surface area contributed by atoms with Crippen molar-refractivity contribution >= 4 is 0 Å². The smallest absolute Gasteiger partial charge is 0.0195 e. The van der Waals surface area contributed by atoms with Crippen LogP contribution in [0.15, 0.2) is 0 Å². The molecule has 84 valence electrons.